The molecule has 0 radical (unpaired) electrons. The minimum Gasteiger partial charge on any atom is -0.489 e. The summed E-state index contributed by atoms with van der Waals surface area (Å²) in [4.78, 5) is 22.9. The Labute approximate surface area is 144 Å². The molecule has 0 saturated carbocycles. The smallest absolute Gasteiger partial charge is 0.314 e. The van der Waals surface area contributed by atoms with Crippen LogP contribution >= 0.6 is 0 Å². The van der Waals surface area contributed by atoms with Gasteiger partial charge in [-0.25, -0.2) is 8.78 Å². The maximum absolute atomic E-state index is 13.5. The molecule has 0 aliphatic carbocycles. The fraction of sp³-hybridized carbons (Fsp3) is 0.263. The maximum atomic E-state index is 13.5. The zero-order valence-electron chi connectivity index (χ0n) is 13.7. The monoisotopic (exact) mass is 348 g/mol. The number of halogens is 2. The number of hydrogen-bond acceptors (Lipinski definition) is 3. The lowest BCUT2D eigenvalue weighted by Crippen LogP contribution is -2.24. The van der Waals surface area contributed by atoms with Gasteiger partial charge in [-0.3, -0.25) is 9.59 Å². The van der Waals surface area contributed by atoms with Crippen LogP contribution in [0.3, 0.4) is 0 Å². The molecule has 0 bridgehead atoms. The van der Waals surface area contributed by atoms with E-state index in [0.29, 0.717) is 11.3 Å². The Morgan fingerprint density at radius 2 is 1.68 bits per heavy atom. The zero-order chi connectivity index (χ0) is 18.4. The number of hydrogen-bond donors (Lipinski definition) is 1. The van der Waals surface area contributed by atoms with Gasteiger partial charge >= 0.3 is 5.97 Å². The van der Waals surface area contributed by atoms with E-state index in [1.165, 1.54) is 6.07 Å². The van der Waals surface area contributed by atoms with Gasteiger partial charge in [-0.05, 0) is 36.2 Å². The second kappa shape index (κ2) is 8.37. The number of rotatable bonds is 8. The van der Waals surface area contributed by atoms with Gasteiger partial charge in [0.05, 0.1) is 5.56 Å². The predicted molar refractivity (Wildman–Crippen MR) is 87.3 cm³/mol. The Morgan fingerprint density at radius 3 is 2.20 bits per heavy atom. The Kier molecular flexibility index (Phi) is 6.22. The zero-order valence-corrected chi connectivity index (χ0v) is 13.7. The highest BCUT2D eigenvalue weighted by Crippen LogP contribution is 2.19. The van der Waals surface area contributed by atoms with Crippen molar-refractivity contribution in [1.82, 2.24) is 0 Å². The number of ketones is 1. The lowest BCUT2D eigenvalue weighted by molar-refractivity contribution is -0.146. The van der Waals surface area contributed by atoms with Crippen LogP contribution in [0.15, 0.2) is 42.5 Å². The van der Waals surface area contributed by atoms with E-state index < -0.39 is 23.5 Å². The van der Waals surface area contributed by atoms with Crippen molar-refractivity contribution < 1.29 is 28.2 Å². The second-order valence-corrected chi connectivity index (χ2v) is 5.57. The van der Waals surface area contributed by atoms with Crippen molar-refractivity contribution in [2.45, 2.75) is 26.4 Å². The van der Waals surface area contributed by atoms with E-state index in [-0.39, 0.29) is 30.8 Å². The predicted octanol–water partition coefficient (Wildman–Crippen LogP) is 3.77. The first-order chi connectivity index (χ1) is 11.9. The number of carboxylic acid groups (broad SMARTS) is 1. The van der Waals surface area contributed by atoms with Crippen molar-refractivity contribution in [3.8, 4) is 5.75 Å². The molecule has 1 N–H and O–H groups in total. The molecule has 0 heterocycles. The number of benzene rings is 2. The maximum Gasteiger partial charge on any atom is 0.314 e. The van der Waals surface area contributed by atoms with Crippen molar-refractivity contribution >= 4 is 11.8 Å². The summed E-state index contributed by atoms with van der Waals surface area (Å²) in [6.07, 6.45) is 0.247. The van der Waals surface area contributed by atoms with Gasteiger partial charge < -0.3 is 9.84 Å². The molecule has 6 heteroatoms. The molecule has 0 spiro atoms. The van der Waals surface area contributed by atoms with Crippen LogP contribution in [0.2, 0.25) is 0 Å². The third-order valence-electron chi connectivity index (χ3n) is 3.84. The first kappa shape index (κ1) is 18.6. The molecule has 4 nitrogen and oxygen atoms in total. The SMILES string of the molecule is CCC(C(=O)O)C(=O)Cc1ccc(OCc2c(F)cccc2F)cc1. The standard InChI is InChI=1S/C19H18F2O4/c1-2-14(19(23)24)18(22)10-12-6-8-13(9-7-12)25-11-15-16(20)4-3-5-17(15)21/h3-9,14H,2,10-11H2,1H3,(H,23,24). The molecule has 0 fully saturated rings. The van der Waals surface area contributed by atoms with Crippen LogP contribution in [0.4, 0.5) is 8.78 Å². The highest BCUT2D eigenvalue weighted by Gasteiger charge is 2.23. The molecule has 1 atom stereocenters. The van der Waals surface area contributed by atoms with Gasteiger partial charge in [-0.1, -0.05) is 25.1 Å². The van der Waals surface area contributed by atoms with E-state index in [2.05, 4.69) is 0 Å². The van der Waals surface area contributed by atoms with Gasteiger partial charge in [0.15, 0.2) is 5.78 Å². The summed E-state index contributed by atoms with van der Waals surface area (Å²) < 4.78 is 32.4. The van der Waals surface area contributed by atoms with E-state index in [1.54, 1.807) is 31.2 Å². The van der Waals surface area contributed by atoms with E-state index >= 15 is 0 Å². The molecule has 0 amide bonds. The highest BCUT2D eigenvalue weighted by atomic mass is 19.1. The molecule has 0 aromatic heterocycles. The van der Waals surface area contributed by atoms with E-state index in [9.17, 15) is 18.4 Å². The van der Waals surface area contributed by atoms with Crippen LogP contribution in [0.5, 0.6) is 5.75 Å². The molecule has 0 saturated heterocycles. The summed E-state index contributed by atoms with van der Waals surface area (Å²) in [5, 5.41) is 8.99. The van der Waals surface area contributed by atoms with Crippen LogP contribution in [-0.4, -0.2) is 16.9 Å². The van der Waals surface area contributed by atoms with Crippen LogP contribution < -0.4 is 4.74 Å². The van der Waals surface area contributed by atoms with Crippen molar-refractivity contribution in [2.75, 3.05) is 0 Å². The lowest BCUT2D eigenvalue weighted by atomic mass is 9.96. The Hall–Kier alpha value is -2.76. The molecule has 0 aliphatic rings. The first-order valence-electron chi connectivity index (χ1n) is 7.82. The molecule has 1 unspecified atom stereocenters. The molecule has 2 aromatic carbocycles. The van der Waals surface area contributed by atoms with E-state index in [1.807, 2.05) is 0 Å². The van der Waals surface area contributed by atoms with Gasteiger partial charge in [0, 0.05) is 6.42 Å². The van der Waals surface area contributed by atoms with E-state index in [4.69, 9.17) is 9.84 Å². The highest BCUT2D eigenvalue weighted by molar-refractivity contribution is 5.99. The lowest BCUT2D eigenvalue weighted by Gasteiger charge is -2.10. The van der Waals surface area contributed by atoms with Gasteiger partial charge in [-0.2, -0.15) is 0 Å². The average Bonchev–Trinajstić information content (AvgIpc) is 2.56. The minimum atomic E-state index is -1.13. The Balaban J connectivity index is 1.98. The second-order valence-electron chi connectivity index (χ2n) is 5.57. The third-order valence-corrected chi connectivity index (χ3v) is 3.84. The van der Waals surface area contributed by atoms with E-state index in [0.717, 1.165) is 12.1 Å². The minimum absolute atomic E-state index is 0.00697. The molecule has 132 valence electrons. The molecule has 0 aliphatic heterocycles. The third kappa shape index (κ3) is 4.86. The number of aliphatic carboxylic acids is 1. The summed E-state index contributed by atoms with van der Waals surface area (Å²) in [7, 11) is 0. The number of carbonyl (C=O) groups excluding carboxylic acids is 1. The van der Waals surface area contributed by atoms with Crippen molar-refractivity contribution in [3.05, 3.63) is 65.2 Å². The van der Waals surface area contributed by atoms with Crippen molar-refractivity contribution in [1.29, 1.82) is 0 Å². The van der Waals surface area contributed by atoms with Gasteiger partial charge in [0.25, 0.3) is 0 Å². The average molecular weight is 348 g/mol. The number of Topliss-reactive ketones (excluding diaryl/α,β-unsaturated/α-hetero) is 1. The summed E-state index contributed by atoms with van der Waals surface area (Å²) in [6, 6.07) is 9.98. The van der Waals surface area contributed by atoms with Crippen LogP contribution in [0.25, 0.3) is 0 Å². The number of carboxylic acids is 1. The van der Waals surface area contributed by atoms with Crippen LogP contribution in [0, 0.1) is 17.6 Å². The molecule has 25 heavy (non-hydrogen) atoms. The van der Waals surface area contributed by atoms with Crippen molar-refractivity contribution in [3.63, 3.8) is 0 Å². The Bertz CT molecular complexity index is 736. The number of carbonyl (C=O) groups is 2. The fourth-order valence-electron chi connectivity index (χ4n) is 2.39. The van der Waals surface area contributed by atoms with Crippen LogP contribution in [0.1, 0.15) is 24.5 Å². The fourth-order valence-corrected chi connectivity index (χ4v) is 2.39. The molecule has 2 rings (SSSR count). The van der Waals surface area contributed by atoms with Gasteiger partial charge in [0.2, 0.25) is 0 Å². The first-order valence-corrected chi connectivity index (χ1v) is 7.82. The van der Waals surface area contributed by atoms with Crippen molar-refractivity contribution in [2.24, 2.45) is 5.92 Å². The topological polar surface area (TPSA) is 63.6 Å². The molecule has 2 aromatic rings. The molecular formula is C19H18F2O4. The number of ether oxygens (including phenoxy) is 1. The summed E-state index contributed by atoms with van der Waals surface area (Å²) >= 11 is 0. The van der Waals surface area contributed by atoms with Gasteiger partial charge in [0.1, 0.15) is 29.9 Å². The van der Waals surface area contributed by atoms with Gasteiger partial charge in [-0.15, -0.1) is 0 Å². The van der Waals surface area contributed by atoms with Crippen LogP contribution in [-0.2, 0) is 22.6 Å². The summed E-state index contributed by atoms with van der Waals surface area (Å²) in [6.45, 7) is 1.39. The summed E-state index contributed by atoms with van der Waals surface area (Å²) in [5.74, 6) is -3.47. The Morgan fingerprint density at radius 1 is 1.08 bits per heavy atom. The quantitative estimate of drug-likeness (QED) is 0.738. The largest absolute Gasteiger partial charge is 0.489 e. The summed E-state index contributed by atoms with van der Waals surface area (Å²) in [5.41, 5.74) is 0.489. The molecular weight excluding hydrogens is 330 g/mol. The normalized spacial score (nSPS) is 11.8.